The molecular weight excluding hydrogens is 236 g/mol. The van der Waals surface area contributed by atoms with Crippen molar-refractivity contribution in [3.05, 3.63) is 53.2 Å². The Kier molecular flexibility index (Phi) is 3.38. The topological polar surface area (TPSA) is 38.1 Å². The number of pyridine rings is 1. The number of aryl methyl sites for hydroxylation is 2. The van der Waals surface area contributed by atoms with Crippen molar-refractivity contribution in [2.24, 2.45) is 0 Å². The number of hydrogen-bond donors (Lipinski definition) is 1. The molecule has 2 unspecified atom stereocenters. The van der Waals surface area contributed by atoms with Crippen LogP contribution in [-0.2, 0) is 12.8 Å². The van der Waals surface area contributed by atoms with Gasteiger partial charge in [0.05, 0.1) is 6.26 Å². The van der Waals surface area contributed by atoms with Crippen LogP contribution in [0, 0.1) is 0 Å². The number of aromatic nitrogens is 1. The Labute approximate surface area is 114 Å². The zero-order valence-electron chi connectivity index (χ0n) is 11.5. The molecule has 0 bridgehead atoms. The molecule has 2 heterocycles. The van der Waals surface area contributed by atoms with Gasteiger partial charge in [-0.15, -0.1) is 0 Å². The molecule has 0 saturated heterocycles. The average Bonchev–Trinajstić information content (AvgIpc) is 3.07. The lowest BCUT2D eigenvalue weighted by Crippen LogP contribution is -2.23. The number of nitrogens with one attached hydrogen (secondary N) is 1. The minimum absolute atomic E-state index is 0.296. The van der Waals surface area contributed by atoms with E-state index in [1.54, 1.807) is 6.26 Å². The van der Waals surface area contributed by atoms with E-state index in [0.717, 1.165) is 25.0 Å². The third-order valence-electron chi connectivity index (χ3n) is 4.15. The molecule has 3 heteroatoms. The van der Waals surface area contributed by atoms with E-state index < -0.39 is 0 Å². The van der Waals surface area contributed by atoms with Crippen LogP contribution in [-0.4, -0.2) is 12.0 Å². The SMILES string of the molecule is CCc1occc1C(NC)C1CCc2cccnc21. The van der Waals surface area contributed by atoms with Gasteiger partial charge in [0.2, 0.25) is 0 Å². The van der Waals surface area contributed by atoms with Crippen LogP contribution in [0.25, 0.3) is 0 Å². The van der Waals surface area contributed by atoms with Crippen molar-refractivity contribution in [2.45, 2.75) is 38.1 Å². The fraction of sp³-hybridized carbons (Fsp3) is 0.438. The normalized spacial score (nSPS) is 19.4. The molecule has 0 aromatic carbocycles. The molecule has 1 aliphatic rings. The molecule has 3 rings (SSSR count). The summed E-state index contributed by atoms with van der Waals surface area (Å²) in [4.78, 5) is 4.60. The molecule has 19 heavy (non-hydrogen) atoms. The van der Waals surface area contributed by atoms with E-state index in [9.17, 15) is 0 Å². The van der Waals surface area contributed by atoms with Crippen molar-refractivity contribution in [3.8, 4) is 0 Å². The van der Waals surface area contributed by atoms with Gasteiger partial charge in [-0.25, -0.2) is 0 Å². The highest BCUT2D eigenvalue weighted by molar-refractivity contribution is 5.34. The van der Waals surface area contributed by atoms with Gasteiger partial charge in [0.25, 0.3) is 0 Å². The maximum Gasteiger partial charge on any atom is 0.108 e. The molecule has 0 saturated carbocycles. The van der Waals surface area contributed by atoms with Crippen molar-refractivity contribution in [1.82, 2.24) is 10.3 Å². The first-order valence-electron chi connectivity index (χ1n) is 7.02. The number of hydrogen-bond acceptors (Lipinski definition) is 3. The van der Waals surface area contributed by atoms with Crippen molar-refractivity contribution in [1.29, 1.82) is 0 Å². The van der Waals surface area contributed by atoms with E-state index in [1.165, 1.54) is 16.8 Å². The van der Waals surface area contributed by atoms with E-state index in [4.69, 9.17) is 4.42 Å². The molecule has 0 fully saturated rings. The lowest BCUT2D eigenvalue weighted by molar-refractivity contribution is 0.448. The Morgan fingerprint density at radius 3 is 3.16 bits per heavy atom. The molecular formula is C16H20N2O. The molecule has 100 valence electrons. The molecule has 0 spiro atoms. The van der Waals surface area contributed by atoms with Crippen LogP contribution in [0.2, 0.25) is 0 Å². The van der Waals surface area contributed by atoms with Gasteiger partial charge < -0.3 is 9.73 Å². The molecule has 0 aliphatic heterocycles. The second-order valence-corrected chi connectivity index (χ2v) is 5.11. The Balaban J connectivity index is 1.97. The van der Waals surface area contributed by atoms with E-state index in [0.29, 0.717) is 12.0 Å². The first-order chi connectivity index (χ1) is 9.35. The summed E-state index contributed by atoms with van der Waals surface area (Å²) in [5, 5.41) is 3.46. The maximum absolute atomic E-state index is 5.58. The van der Waals surface area contributed by atoms with Gasteiger partial charge in [-0.05, 0) is 37.6 Å². The lowest BCUT2D eigenvalue weighted by Gasteiger charge is -2.23. The standard InChI is InChI=1S/C16H20N2O/c1-3-14-12(8-10-19-14)16(17-2)13-7-6-11-5-4-9-18-15(11)13/h4-5,8-10,13,16-17H,3,6-7H2,1-2H3. The predicted molar refractivity (Wildman–Crippen MR) is 75.2 cm³/mol. The van der Waals surface area contributed by atoms with Crippen LogP contribution in [0.4, 0.5) is 0 Å². The molecule has 0 amide bonds. The van der Waals surface area contributed by atoms with Crippen molar-refractivity contribution in [2.75, 3.05) is 7.05 Å². The quantitative estimate of drug-likeness (QED) is 0.912. The Morgan fingerprint density at radius 1 is 1.47 bits per heavy atom. The first kappa shape index (κ1) is 12.4. The van der Waals surface area contributed by atoms with Crippen LogP contribution < -0.4 is 5.32 Å². The molecule has 2 aromatic heterocycles. The fourth-order valence-electron chi connectivity index (χ4n) is 3.26. The average molecular weight is 256 g/mol. The van der Waals surface area contributed by atoms with Gasteiger partial charge in [-0.3, -0.25) is 4.98 Å². The molecule has 0 radical (unpaired) electrons. The molecule has 3 nitrogen and oxygen atoms in total. The number of furan rings is 1. The summed E-state index contributed by atoms with van der Waals surface area (Å²) in [6.45, 7) is 2.13. The van der Waals surface area contributed by atoms with Crippen LogP contribution in [0.3, 0.4) is 0 Å². The summed E-state index contributed by atoms with van der Waals surface area (Å²) < 4.78 is 5.58. The van der Waals surface area contributed by atoms with Crippen LogP contribution >= 0.6 is 0 Å². The minimum atomic E-state index is 0.296. The van der Waals surface area contributed by atoms with Crippen LogP contribution in [0.15, 0.2) is 35.1 Å². The van der Waals surface area contributed by atoms with E-state index in [2.05, 4.69) is 29.4 Å². The first-order valence-corrected chi connectivity index (χ1v) is 7.02. The van der Waals surface area contributed by atoms with E-state index >= 15 is 0 Å². The largest absolute Gasteiger partial charge is 0.469 e. The lowest BCUT2D eigenvalue weighted by atomic mass is 9.90. The van der Waals surface area contributed by atoms with Gasteiger partial charge in [0.15, 0.2) is 0 Å². The van der Waals surface area contributed by atoms with Gasteiger partial charge >= 0.3 is 0 Å². The Hall–Kier alpha value is -1.61. The van der Waals surface area contributed by atoms with E-state index in [1.807, 2.05) is 19.3 Å². The third-order valence-corrected chi connectivity index (χ3v) is 4.15. The van der Waals surface area contributed by atoms with Gasteiger partial charge in [0.1, 0.15) is 5.76 Å². The zero-order valence-corrected chi connectivity index (χ0v) is 11.5. The van der Waals surface area contributed by atoms with Gasteiger partial charge in [-0.2, -0.15) is 0 Å². The highest BCUT2D eigenvalue weighted by Gasteiger charge is 2.32. The number of rotatable bonds is 4. The second kappa shape index (κ2) is 5.17. The molecule has 1 N–H and O–H groups in total. The van der Waals surface area contributed by atoms with Crippen molar-refractivity contribution in [3.63, 3.8) is 0 Å². The fourth-order valence-corrected chi connectivity index (χ4v) is 3.26. The van der Waals surface area contributed by atoms with Crippen LogP contribution in [0.1, 0.15) is 47.9 Å². The molecule has 2 atom stereocenters. The van der Waals surface area contributed by atoms with Crippen LogP contribution in [0.5, 0.6) is 0 Å². The highest BCUT2D eigenvalue weighted by Crippen LogP contribution is 2.41. The maximum atomic E-state index is 5.58. The zero-order chi connectivity index (χ0) is 13.2. The number of likely N-dealkylation sites (N-methyl/N-ethyl adjacent to an activating group) is 1. The van der Waals surface area contributed by atoms with Gasteiger partial charge in [-0.1, -0.05) is 13.0 Å². The highest BCUT2D eigenvalue weighted by atomic mass is 16.3. The van der Waals surface area contributed by atoms with Gasteiger partial charge in [0, 0.05) is 35.8 Å². The van der Waals surface area contributed by atoms with Crippen molar-refractivity contribution >= 4 is 0 Å². The second-order valence-electron chi connectivity index (χ2n) is 5.11. The number of nitrogens with zero attached hydrogens (tertiary/aromatic N) is 1. The van der Waals surface area contributed by atoms with E-state index in [-0.39, 0.29) is 0 Å². The predicted octanol–water partition coefficient (Wildman–Crippen LogP) is 3.23. The summed E-state index contributed by atoms with van der Waals surface area (Å²) in [5.41, 5.74) is 3.94. The number of fused-ring (bicyclic) bond motifs is 1. The smallest absolute Gasteiger partial charge is 0.108 e. The summed E-state index contributed by atoms with van der Waals surface area (Å²) in [7, 11) is 2.03. The summed E-state index contributed by atoms with van der Waals surface area (Å²) in [6.07, 6.45) is 6.92. The summed E-state index contributed by atoms with van der Waals surface area (Å²) >= 11 is 0. The Morgan fingerprint density at radius 2 is 2.37 bits per heavy atom. The summed E-state index contributed by atoms with van der Waals surface area (Å²) in [6, 6.07) is 6.63. The Bertz CT molecular complexity index is 561. The minimum Gasteiger partial charge on any atom is -0.469 e. The third kappa shape index (κ3) is 2.08. The molecule has 2 aromatic rings. The summed E-state index contributed by atoms with van der Waals surface area (Å²) in [5.74, 6) is 1.54. The van der Waals surface area contributed by atoms with Crippen molar-refractivity contribution < 1.29 is 4.42 Å². The molecule has 1 aliphatic carbocycles. The monoisotopic (exact) mass is 256 g/mol.